The molecule has 2 heterocycles. The maximum absolute atomic E-state index is 13.1. The molecule has 8 nitrogen and oxygen atoms in total. The molecule has 1 fully saturated rings. The summed E-state index contributed by atoms with van der Waals surface area (Å²) in [5, 5.41) is 13.9. The van der Waals surface area contributed by atoms with Crippen LogP contribution in [-0.4, -0.2) is 45.6 Å². The number of carbonyl (C=O) groups is 1. The standard InChI is InChI=1S/C15H21FN4O4/c1-15(2,3)24-14(21)19-6-4-11(5-7-19)18-13-12(20(22)23)8-10(16)9-17-13/h8-9,11H,4-7H2,1-3H3,(H,17,18). The number of nitro groups is 1. The van der Waals surface area contributed by atoms with Gasteiger partial charge in [0.2, 0.25) is 5.82 Å². The van der Waals surface area contributed by atoms with Crippen molar-refractivity contribution < 1.29 is 18.8 Å². The molecule has 24 heavy (non-hydrogen) atoms. The Balaban J connectivity index is 1.94. The molecule has 1 amide bonds. The van der Waals surface area contributed by atoms with Gasteiger partial charge in [-0.15, -0.1) is 0 Å². The van der Waals surface area contributed by atoms with E-state index in [1.807, 2.05) is 0 Å². The highest BCUT2D eigenvalue weighted by molar-refractivity contribution is 5.68. The van der Waals surface area contributed by atoms with E-state index in [0.717, 1.165) is 12.3 Å². The Morgan fingerprint density at radius 2 is 2.08 bits per heavy atom. The van der Waals surface area contributed by atoms with Crippen molar-refractivity contribution in [1.29, 1.82) is 0 Å². The van der Waals surface area contributed by atoms with E-state index in [-0.39, 0.29) is 18.0 Å². The number of aromatic nitrogens is 1. The molecule has 0 bridgehead atoms. The fraction of sp³-hybridized carbons (Fsp3) is 0.600. The number of rotatable bonds is 3. The molecule has 2 rings (SSSR count). The van der Waals surface area contributed by atoms with Gasteiger partial charge in [0.25, 0.3) is 0 Å². The van der Waals surface area contributed by atoms with Gasteiger partial charge in [-0.3, -0.25) is 10.1 Å². The number of anilines is 1. The van der Waals surface area contributed by atoms with Gasteiger partial charge < -0.3 is 15.0 Å². The molecule has 0 spiro atoms. The summed E-state index contributed by atoms with van der Waals surface area (Å²) in [5.74, 6) is -0.718. The van der Waals surface area contributed by atoms with Crippen LogP contribution < -0.4 is 5.32 Å². The van der Waals surface area contributed by atoms with Gasteiger partial charge >= 0.3 is 11.8 Å². The SMILES string of the molecule is CC(C)(C)OC(=O)N1CCC(Nc2ncc(F)cc2[N+](=O)[O-])CC1. The van der Waals surface area contributed by atoms with Gasteiger partial charge in [-0.05, 0) is 33.6 Å². The predicted octanol–water partition coefficient (Wildman–Crippen LogP) is 2.94. The van der Waals surface area contributed by atoms with Crippen molar-refractivity contribution in [3.63, 3.8) is 0 Å². The lowest BCUT2D eigenvalue weighted by Crippen LogP contribution is -2.44. The van der Waals surface area contributed by atoms with E-state index in [2.05, 4.69) is 10.3 Å². The Kier molecular flexibility index (Phi) is 5.20. The minimum Gasteiger partial charge on any atom is -0.444 e. The second-order valence-corrected chi connectivity index (χ2v) is 6.66. The van der Waals surface area contributed by atoms with Gasteiger partial charge in [0.1, 0.15) is 11.4 Å². The second-order valence-electron chi connectivity index (χ2n) is 6.66. The van der Waals surface area contributed by atoms with E-state index < -0.39 is 22.0 Å². The number of likely N-dealkylation sites (tertiary alicyclic amines) is 1. The first kappa shape index (κ1) is 17.9. The normalized spacial score (nSPS) is 15.9. The molecular formula is C15H21FN4O4. The fourth-order valence-corrected chi connectivity index (χ4v) is 2.41. The monoisotopic (exact) mass is 340 g/mol. The quantitative estimate of drug-likeness (QED) is 0.671. The third-order valence-corrected chi connectivity index (χ3v) is 3.52. The molecule has 0 unspecified atom stereocenters. The van der Waals surface area contributed by atoms with Crippen LogP contribution in [0.1, 0.15) is 33.6 Å². The highest BCUT2D eigenvalue weighted by Gasteiger charge is 2.28. The van der Waals surface area contributed by atoms with Crippen LogP contribution in [0, 0.1) is 15.9 Å². The largest absolute Gasteiger partial charge is 0.444 e. The maximum Gasteiger partial charge on any atom is 0.410 e. The van der Waals surface area contributed by atoms with E-state index in [4.69, 9.17) is 4.74 Å². The van der Waals surface area contributed by atoms with Crippen molar-refractivity contribution >= 4 is 17.6 Å². The summed E-state index contributed by atoms with van der Waals surface area (Å²) < 4.78 is 18.4. The predicted molar refractivity (Wildman–Crippen MR) is 85.3 cm³/mol. The Hall–Kier alpha value is -2.45. The van der Waals surface area contributed by atoms with Crippen molar-refractivity contribution in [2.45, 2.75) is 45.3 Å². The van der Waals surface area contributed by atoms with Gasteiger partial charge in [-0.1, -0.05) is 0 Å². The van der Waals surface area contributed by atoms with Crippen LogP contribution in [0.3, 0.4) is 0 Å². The number of amides is 1. The number of piperidine rings is 1. The van der Waals surface area contributed by atoms with E-state index in [1.165, 1.54) is 0 Å². The molecule has 132 valence electrons. The van der Waals surface area contributed by atoms with Crippen LogP contribution in [0.5, 0.6) is 0 Å². The molecule has 1 aliphatic rings. The zero-order valence-corrected chi connectivity index (χ0v) is 13.9. The van der Waals surface area contributed by atoms with Crippen LogP contribution in [0.4, 0.5) is 20.7 Å². The second kappa shape index (κ2) is 6.98. The minimum atomic E-state index is -0.757. The molecule has 1 N–H and O–H groups in total. The Morgan fingerprint density at radius 3 is 2.62 bits per heavy atom. The number of halogens is 1. The summed E-state index contributed by atoms with van der Waals surface area (Å²) in [7, 11) is 0. The average Bonchev–Trinajstić information content (AvgIpc) is 2.48. The lowest BCUT2D eigenvalue weighted by molar-refractivity contribution is -0.384. The molecule has 0 aromatic carbocycles. The molecule has 9 heteroatoms. The molecular weight excluding hydrogens is 319 g/mol. The summed E-state index contributed by atoms with van der Waals surface area (Å²) in [6.07, 6.45) is 1.75. The molecule has 0 saturated carbocycles. The van der Waals surface area contributed by atoms with E-state index in [0.29, 0.717) is 25.9 Å². The smallest absolute Gasteiger partial charge is 0.410 e. The maximum atomic E-state index is 13.1. The van der Waals surface area contributed by atoms with Gasteiger partial charge in [0.15, 0.2) is 0 Å². The first-order chi connectivity index (χ1) is 11.2. The number of ether oxygens (including phenoxy) is 1. The third-order valence-electron chi connectivity index (χ3n) is 3.52. The number of pyridine rings is 1. The lowest BCUT2D eigenvalue weighted by atomic mass is 10.1. The van der Waals surface area contributed by atoms with Crippen molar-refractivity contribution in [2.24, 2.45) is 0 Å². The van der Waals surface area contributed by atoms with Gasteiger partial charge in [0, 0.05) is 19.1 Å². The summed E-state index contributed by atoms with van der Waals surface area (Å²) in [5.41, 5.74) is -0.949. The number of hydrogen-bond donors (Lipinski definition) is 1. The fourth-order valence-electron chi connectivity index (χ4n) is 2.41. The Labute approximate surface area is 139 Å². The Bertz CT molecular complexity index is 624. The number of hydrogen-bond acceptors (Lipinski definition) is 6. The number of nitrogens with one attached hydrogen (secondary N) is 1. The molecule has 1 saturated heterocycles. The molecule has 0 atom stereocenters. The van der Waals surface area contributed by atoms with Crippen LogP contribution in [0.15, 0.2) is 12.3 Å². The molecule has 0 radical (unpaired) electrons. The summed E-state index contributed by atoms with van der Waals surface area (Å²) in [4.78, 5) is 27.7. The summed E-state index contributed by atoms with van der Waals surface area (Å²) in [6, 6.07) is 0.755. The highest BCUT2D eigenvalue weighted by Crippen LogP contribution is 2.25. The van der Waals surface area contributed by atoms with E-state index in [9.17, 15) is 19.3 Å². The molecule has 1 aromatic rings. The molecule has 1 aromatic heterocycles. The molecule has 0 aliphatic carbocycles. The van der Waals surface area contributed by atoms with Gasteiger partial charge in [-0.2, -0.15) is 0 Å². The number of nitrogens with zero attached hydrogens (tertiary/aromatic N) is 3. The van der Waals surface area contributed by atoms with E-state index >= 15 is 0 Å². The highest BCUT2D eigenvalue weighted by atomic mass is 19.1. The summed E-state index contributed by atoms with van der Waals surface area (Å²) >= 11 is 0. The van der Waals surface area contributed by atoms with Gasteiger partial charge in [-0.25, -0.2) is 14.2 Å². The van der Waals surface area contributed by atoms with Crippen molar-refractivity contribution in [1.82, 2.24) is 9.88 Å². The lowest BCUT2D eigenvalue weighted by Gasteiger charge is -2.33. The molecule has 1 aliphatic heterocycles. The average molecular weight is 340 g/mol. The topological polar surface area (TPSA) is 97.6 Å². The Morgan fingerprint density at radius 1 is 1.46 bits per heavy atom. The van der Waals surface area contributed by atoms with Gasteiger partial charge in [0.05, 0.1) is 17.2 Å². The first-order valence-electron chi connectivity index (χ1n) is 7.70. The van der Waals surface area contributed by atoms with Crippen LogP contribution in [0.2, 0.25) is 0 Å². The van der Waals surface area contributed by atoms with Crippen molar-refractivity contribution in [3.05, 3.63) is 28.2 Å². The minimum absolute atomic E-state index is 0.0390. The third kappa shape index (κ3) is 4.77. The van der Waals surface area contributed by atoms with Crippen LogP contribution >= 0.6 is 0 Å². The van der Waals surface area contributed by atoms with Crippen LogP contribution in [0.25, 0.3) is 0 Å². The number of carbonyl (C=O) groups excluding carboxylic acids is 1. The zero-order valence-electron chi connectivity index (χ0n) is 13.9. The van der Waals surface area contributed by atoms with Crippen molar-refractivity contribution in [2.75, 3.05) is 18.4 Å². The van der Waals surface area contributed by atoms with E-state index in [1.54, 1.807) is 25.7 Å². The van der Waals surface area contributed by atoms with Crippen molar-refractivity contribution in [3.8, 4) is 0 Å². The summed E-state index contributed by atoms with van der Waals surface area (Å²) in [6.45, 7) is 6.36. The zero-order chi connectivity index (χ0) is 17.9. The van der Waals surface area contributed by atoms with Crippen LogP contribution in [-0.2, 0) is 4.74 Å². The first-order valence-corrected chi connectivity index (χ1v) is 7.70.